The van der Waals surface area contributed by atoms with Gasteiger partial charge in [-0.1, -0.05) is 0 Å². The minimum Gasteiger partial charge on any atom is -0.300 e. The van der Waals surface area contributed by atoms with Gasteiger partial charge in [-0.2, -0.15) is 0 Å². The van der Waals surface area contributed by atoms with Crippen molar-refractivity contribution in [2.24, 2.45) is 0 Å². The van der Waals surface area contributed by atoms with Gasteiger partial charge in [-0.15, -0.1) is 0 Å². The standard InChI is InChI=1S/C10H9FN4O2/c11-6-1-3-7(4-2-6)14-15-8-5-9(16)13-10(17)12-8/h1-5,14H,(H3,12,13,15,16,17). The van der Waals surface area contributed by atoms with Crippen LogP contribution in [0.2, 0.25) is 0 Å². The number of hydrazine groups is 1. The zero-order chi connectivity index (χ0) is 12.3. The molecule has 1 heterocycles. The molecule has 0 aliphatic heterocycles. The van der Waals surface area contributed by atoms with Crippen LogP contribution in [0.25, 0.3) is 0 Å². The first-order valence-electron chi connectivity index (χ1n) is 4.75. The molecule has 4 N–H and O–H groups in total. The molecule has 0 unspecified atom stereocenters. The lowest BCUT2D eigenvalue weighted by Gasteiger charge is -2.08. The second kappa shape index (κ2) is 4.52. The lowest BCUT2D eigenvalue weighted by molar-refractivity contribution is 0.628. The Hall–Kier alpha value is -2.57. The summed E-state index contributed by atoms with van der Waals surface area (Å²) >= 11 is 0. The van der Waals surface area contributed by atoms with E-state index in [9.17, 15) is 14.0 Å². The van der Waals surface area contributed by atoms with Crippen LogP contribution in [0.15, 0.2) is 39.9 Å². The number of nitrogens with one attached hydrogen (secondary N) is 4. The molecular formula is C10H9FN4O2. The van der Waals surface area contributed by atoms with Crippen LogP contribution in [0.1, 0.15) is 0 Å². The van der Waals surface area contributed by atoms with Gasteiger partial charge >= 0.3 is 5.69 Å². The van der Waals surface area contributed by atoms with Gasteiger partial charge < -0.3 is 0 Å². The molecule has 0 spiro atoms. The molecule has 0 amide bonds. The number of benzene rings is 1. The second-order valence-electron chi connectivity index (χ2n) is 3.26. The van der Waals surface area contributed by atoms with Gasteiger partial charge in [0.05, 0.1) is 5.69 Å². The first-order chi connectivity index (χ1) is 8.13. The van der Waals surface area contributed by atoms with E-state index in [1.54, 1.807) is 0 Å². The number of hydrogen-bond donors (Lipinski definition) is 4. The average Bonchev–Trinajstić information content (AvgIpc) is 2.27. The van der Waals surface area contributed by atoms with E-state index in [0.717, 1.165) is 0 Å². The fraction of sp³-hybridized carbons (Fsp3) is 0. The van der Waals surface area contributed by atoms with Crippen LogP contribution in [0.4, 0.5) is 15.9 Å². The zero-order valence-corrected chi connectivity index (χ0v) is 8.58. The molecule has 1 aromatic heterocycles. The highest BCUT2D eigenvalue weighted by Gasteiger charge is 1.96. The van der Waals surface area contributed by atoms with Crippen molar-refractivity contribution in [2.75, 3.05) is 10.9 Å². The molecule has 17 heavy (non-hydrogen) atoms. The van der Waals surface area contributed by atoms with Crippen molar-refractivity contribution in [2.45, 2.75) is 0 Å². The Morgan fingerprint density at radius 2 is 1.71 bits per heavy atom. The smallest absolute Gasteiger partial charge is 0.300 e. The molecule has 0 radical (unpaired) electrons. The van der Waals surface area contributed by atoms with E-state index in [2.05, 4.69) is 15.8 Å². The van der Waals surface area contributed by atoms with Crippen LogP contribution in [0.5, 0.6) is 0 Å². The Morgan fingerprint density at radius 3 is 2.35 bits per heavy atom. The van der Waals surface area contributed by atoms with E-state index in [4.69, 9.17) is 0 Å². The highest BCUT2D eigenvalue weighted by molar-refractivity contribution is 5.48. The Balaban J connectivity index is 2.09. The normalized spacial score (nSPS) is 9.94. The summed E-state index contributed by atoms with van der Waals surface area (Å²) in [6.07, 6.45) is 0. The minimum absolute atomic E-state index is 0.211. The molecule has 2 aromatic rings. The maximum atomic E-state index is 12.6. The Kier molecular flexibility index (Phi) is 2.91. The third-order valence-corrected chi connectivity index (χ3v) is 1.95. The SMILES string of the molecule is O=c1cc(NNc2ccc(F)cc2)[nH]c(=O)[nH]1. The first-order valence-corrected chi connectivity index (χ1v) is 4.75. The quantitative estimate of drug-likeness (QED) is 0.589. The summed E-state index contributed by atoms with van der Waals surface area (Å²) in [5.41, 5.74) is 4.78. The number of H-pyrrole nitrogens is 2. The summed E-state index contributed by atoms with van der Waals surface area (Å²) in [7, 11) is 0. The molecule has 1 aromatic carbocycles. The van der Waals surface area contributed by atoms with Crippen molar-refractivity contribution in [1.82, 2.24) is 9.97 Å². The van der Waals surface area contributed by atoms with Crippen LogP contribution >= 0.6 is 0 Å². The predicted octanol–water partition coefficient (Wildman–Crippen LogP) is 0.641. The largest absolute Gasteiger partial charge is 0.327 e. The van der Waals surface area contributed by atoms with Crippen LogP contribution < -0.4 is 22.1 Å². The molecule has 2 rings (SSSR count). The zero-order valence-electron chi connectivity index (χ0n) is 8.58. The van der Waals surface area contributed by atoms with Crippen molar-refractivity contribution < 1.29 is 4.39 Å². The van der Waals surface area contributed by atoms with Crippen molar-refractivity contribution in [3.05, 3.63) is 57.0 Å². The van der Waals surface area contributed by atoms with Crippen molar-refractivity contribution in [3.63, 3.8) is 0 Å². The second-order valence-corrected chi connectivity index (χ2v) is 3.26. The number of anilines is 2. The highest BCUT2D eigenvalue weighted by Crippen LogP contribution is 2.08. The number of hydrogen-bond acceptors (Lipinski definition) is 4. The molecule has 88 valence electrons. The lowest BCUT2D eigenvalue weighted by atomic mass is 10.3. The monoisotopic (exact) mass is 236 g/mol. The molecule has 0 fully saturated rings. The first kappa shape index (κ1) is 10.9. The Morgan fingerprint density at radius 1 is 1.00 bits per heavy atom. The predicted molar refractivity (Wildman–Crippen MR) is 61.3 cm³/mol. The van der Waals surface area contributed by atoms with Crippen molar-refractivity contribution in [1.29, 1.82) is 0 Å². The van der Waals surface area contributed by atoms with Gasteiger partial charge in [-0.25, -0.2) is 9.18 Å². The van der Waals surface area contributed by atoms with E-state index in [1.807, 2.05) is 4.98 Å². The summed E-state index contributed by atoms with van der Waals surface area (Å²) in [5, 5.41) is 0. The van der Waals surface area contributed by atoms with Gasteiger partial charge in [0.15, 0.2) is 0 Å². The topological polar surface area (TPSA) is 89.8 Å². The van der Waals surface area contributed by atoms with Gasteiger partial charge in [-0.05, 0) is 24.3 Å². The third kappa shape index (κ3) is 2.94. The summed E-state index contributed by atoms with van der Waals surface area (Å²) in [6, 6.07) is 6.76. The molecule has 0 aliphatic carbocycles. The molecule has 0 atom stereocenters. The van der Waals surface area contributed by atoms with Crippen LogP contribution in [0, 0.1) is 5.82 Å². The van der Waals surface area contributed by atoms with Crippen LogP contribution in [0.3, 0.4) is 0 Å². The van der Waals surface area contributed by atoms with E-state index >= 15 is 0 Å². The summed E-state index contributed by atoms with van der Waals surface area (Å²) in [6.45, 7) is 0. The minimum atomic E-state index is -0.610. The molecule has 0 bridgehead atoms. The third-order valence-electron chi connectivity index (χ3n) is 1.95. The fourth-order valence-electron chi connectivity index (χ4n) is 1.21. The number of aromatic amines is 2. The van der Waals surface area contributed by atoms with E-state index in [0.29, 0.717) is 5.69 Å². The van der Waals surface area contributed by atoms with Gasteiger partial charge in [0.25, 0.3) is 5.56 Å². The molecule has 6 nitrogen and oxygen atoms in total. The Labute approximate surface area is 94.5 Å². The summed E-state index contributed by atoms with van der Waals surface area (Å²) in [5.74, 6) is -0.136. The average molecular weight is 236 g/mol. The number of halogens is 1. The van der Waals surface area contributed by atoms with E-state index in [1.165, 1.54) is 30.3 Å². The number of aromatic nitrogens is 2. The van der Waals surface area contributed by atoms with Gasteiger partial charge in [0, 0.05) is 6.07 Å². The molecular weight excluding hydrogens is 227 g/mol. The highest BCUT2D eigenvalue weighted by atomic mass is 19.1. The fourth-order valence-corrected chi connectivity index (χ4v) is 1.21. The molecule has 0 saturated carbocycles. The Bertz CT molecular complexity index is 589. The molecule has 7 heteroatoms. The van der Waals surface area contributed by atoms with Crippen molar-refractivity contribution in [3.8, 4) is 0 Å². The lowest BCUT2D eigenvalue weighted by Crippen LogP contribution is -2.24. The maximum Gasteiger partial charge on any atom is 0.327 e. The van der Waals surface area contributed by atoms with Gasteiger partial charge in [-0.3, -0.25) is 25.6 Å². The number of rotatable bonds is 3. The van der Waals surface area contributed by atoms with Crippen LogP contribution in [-0.2, 0) is 0 Å². The molecule has 0 saturated heterocycles. The van der Waals surface area contributed by atoms with Gasteiger partial charge in [0.2, 0.25) is 0 Å². The van der Waals surface area contributed by atoms with Gasteiger partial charge in [0.1, 0.15) is 11.6 Å². The summed E-state index contributed by atoms with van der Waals surface area (Å²) in [4.78, 5) is 26.3. The van der Waals surface area contributed by atoms with E-state index < -0.39 is 11.2 Å². The van der Waals surface area contributed by atoms with Crippen LogP contribution in [-0.4, -0.2) is 9.97 Å². The summed E-state index contributed by atoms with van der Waals surface area (Å²) < 4.78 is 12.6. The molecule has 0 aliphatic rings. The maximum absolute atomic E-state index is 12.6. The van der Waals surface area contributed by atoms with Crippen molar-refractivity contribution >= 4 is 11.5 Å². The van der Waals surface area contributed by atoms with E-state index in [-0.39, 0.29) is 11.6 Å².